The van der Waals surface area contributed by atoms with Crippen molar-refractivity contribution in [3.05, 3.63) is 70.8 Å². The molecular formula is C17H14BrN3O2. The number of aromatic amines is 1. The van der Waals surface area contributed by atoms with Crippen LogP contribution in [0.1, 0.15) is 5.56 Å². The van der Waals surface area contributed by atoms with Crippen LogP contribution >= 0.6 is 15.9 Å². The maximum atomic E-state index is 11.8. The van der Waals surface area contributed by atoms with E-state index in [1.165, 1.54) is 0 Å². The lowest BCUT2D eigenvalue weighted by molar-refractivity contribution is 0.155. The van der Waals surface area contributed by atoms with E-state index in [0.717, 1.165) is 21.3 Å². The van der Waals surface area contributed by atoms with Crippen molar-refractivity contribution in [2.45, 2.75) is 6.61 Å². The molecule has 0 radical (unpaired) electrons. The van der Waals surface area contributed by atoms with E-state index >= 15 is 0 Å². The summed E-state index contributed by atoms with van der Waals surface area (Å²) in [6.45, 7) is 0.215. The maximum absolute atomic E-state index is 11.8. The molecule has 2 N–H and O–H groups in total. The number of aromatic nitrogens is 2. The van der Waals surface area contributed by atoms with Gasteiger partial charge in [0.15, 0.2) is 0 Å². The van der Waals surface area contributed by atoms with Crippen molar-refractivity contribution in [2.24, 2.45) is 0 Å². The van der Waals surface area contributed by atoms with Gasteiger partial charge in [0.1, 0.15) is 6.61 Å². The van der Waals surface area contributed by atoms with Crippen LogP contribution in [-0.2, 0) is 11.3 Å². The van der Waals surface area contributed by atoms with Gasteiger partial charge < -0.3 is 9.72 Å². The molecule has 0 saturated carbocycles. The highest BCUT2D eigenvalue weighted by Crippen LogP contribution is 2.21. The molecule has 0 spiro atoms. The Kier molecular flexibility index (Phi) is 4.73. The van der Waals surface area contributed by atoms with Crippen molar-refractivity contribution in [2.75, 3.05) is 5.32 Å². The van der Waals surface area contributed by atoms with Gasteiger partial charge in [-0.2, -0.15) is 0 Å². The molecule has 0 aliphatic carbocycles. The molecule has 0 aliphatic heterocycles. The lowest BCUT2D eigenvalue weighted by Crippen LogP contribution is -2.14. The van der Waals surface area contributed by atoms with Gasteiger partial charge in [-0.15, -0.1) is 0 Å². The summed E-state index contributed by atoms with van der Waals surface area (Å²) in [6, 6.07) is 17.3. The summed E-state index contributed by atoms with van der Waals surface area (Å²) < 4.78 is 6.15. The Morgan fingerprint density at radius 3 is 2.61 bits per heavy atom. The van der Waals surface area contributed by atoms with Gasteiger partial charge in [-0.3, -0.25) is 5.32 Å². The van der Waals surface area contributed by atoms with E-state index in [4.69, 9.17) is 4.74 Å². The number of benzene rings is 2. The molecule has 0 bridgehead atoms. The smallest absolute Gasteiger partial charge is 0.414 e. The first kappa shape index (κ1) is 15.3. The van der Waals surface area contributed by atoms with E-state index in [1.807, 2.05) is 54.6 Å². The summed E-state index contributed by atoms with van der Waals surface area (Å²) >= 11 is 3.39. The summed E-state index contributed by atoms with van der Waals surface area (Å²) in [5, 5.41) is 2.58. The van der Waals surface area contributed by atoms with Crippen LogP contribution < -0.4 is 5.32 Å². The highest BCUT2D eigenvalue weighted by molar-refractivity contribution is 9.10. The van der Waals surface area contributed by atoms with E-state index in [9.17, 15) is 4.79 Å². The number of carbonyl (C=O) groups excluding carboxylic acids is 1. The number of hydrogen-bond acceptors (Lipinski definition) is 3. The van der Waals surface area contributed by atoms with Crippen molar-refractivity contribution in [3.63, 3.8) is 0 Å². The molecule has 1 heterocycles. The van der Waals surface area contributed by atoms with Crippen LogP contribution in [0, 0.1) is 0 Å². The van der Waals surface area contributed by atoms with Crippen LogP contribution in [0.4, 0.5) is 10.7 Å². The highest BCUT2D eigenvalue weighted by Gasteiger charge is 2.08. The van der Waals surface area contributed by atoms with E-state index in [2.05, 4.69) is 31.2 Å². The third-order valence-corrected chi connectivity index (χ3v) is 3.69. The average Bonchev–Trinajstić information content (AvgIpc) is 3.03. The molecule has 116 valence electrons. The predicted octanol–water partition coefficient (Wildman–Crippen LogP) is 4.59. The number of rotatable bonds is 4. The molecular weight excluding hydrogens is 358 g/mol. The minimum Gasteiger partial charge on any atom is -0.444 e. The van der Waals surface area contributed by atoms with Crippen molar-refractivity contribution in [3.8, 4) is 11.3 Å². The predicted molar refractivity (Wildman–Crippen MR) is 92.0 cm³/mol. The number of ether oxygens (including phenoxy) is 1. The molecule has 2 aromatic carbocycles. The van der Waals surface area contributed by atoms with Crippen LogP contribution in [0.3, 0.4) is 0 Å². The zero-order valence-electron chi connectivity index (χ0n) is 12.1. The lowest BCUT2D eigenvalue weighted by atomic mass is 10.2. The molecule has 0 atom stereocenters. The van der Waals surface area contributed by atoms with Gasteiger partial charge >= 0.3 is 6.09 Å². The third-order valence-electron chi connectivity index (χ3n) is 3.16. The molecule has 1 aromatic heterocycles. The number of nitrogens with zero attached hydrogens (tertiary/aromatic N) is 1. The molecule has 0 unspecified atom stereocenters. The van der Waals surface area contributed by atoms with Gasteiger partial charge in [-0.25, -0.2) is 9.78 Å². The molecule has 0 aliphatic rings. The van der Waals surface area contributed by atoms with Crippen LogP contribution in [0.5, 0.6) is 0 Å². The molecule has 5 nitrogen and oxygen atoms in total. The van der Waals surface area contributed by atoms with Crippen LogP contribution in [0.25, 0.3) is 11.3 Å². The Morgan fingerprint density at radius 2 is 1.87 bits per heavy atom. The molecule has 23 heavy (non-hydrogen) atoms. The quantitative estimate of drug-likeness (QED) is 0.704. The molecule has 1 amide bonds. The van der Waals surface area contributed by atoms with Gasteiger partial charge in [0.25, 0.3) is 0 Å². The standard InChI is InChI=1S/C17H14BrN3O2/c18-14-8-6-13(7-9-14)15-10-19-16(20-15)21-17(22)23-11-12-4-2-1-3-5-12/h1-10H,11H2,(H2,19,20,21,22). The van der Waals surface area contributed by atoms with Gasteiger partial charge in [-0.05, 0) is 23.3 Å². The van der Waals surface area contributed by atoms with Crippen LogP contribution in [-0.4, -0.2) is 16.1 Å². The topological polar surface area (TPSA) is 67.0 Å². The minimum atomic E-state index is -0.550. The van der Waals surface area contributed by atoms with Gasteiger partial charge in [0.05, 0.1) is 11.9 Å². The molecule has 3 aromatic rings. The van der Waals surface area contributed by atoms with Crippen molar-refractivity contribution in [1.29, 1.82) is 0 Å². The fourth-order valence-corrected chi connectivity index (χ4v) is 2.28. The molecule has 6 heteroatoms. The van der Waals surface area contributed by atoms with Crippen molar-refractivity contribution >= 4 is 28.0 Å². The summed E-state index contributed by atoms with van der Waals surface area (Å²) in [5.41, 5.74) is 2.72. The zero-order chi connectivity index (χ0) is 16.1. The molecule has 0 fully saturated rings. The first-order valence-corrected chi connectivity index (χ1v) is 7.78. The monoisotopic (exact) mass is 371 g/mol. The Balaban J connectivity index is 1.58. The van der Waals surface area contributed by atoms with Crippen LogP contribution in [0.2, 0.25) is 0 Å². The summed E-state index contributed by atoms with van der Waals surface area (Å²) in [6.07, 6.45) is 1.11. The van der Waals surface area contributed by atoms with E-state index < -0.39 is 6.09 Å². The SMILES string of the molecule is O=C(Nc1ncc(-c2ccc(Br)cc2)[nH]1)OCc1ccccc1. The summed E-state index contributed by atoms with van der Waals surface area (Å²) in [4.78, 5) is 18.9. The first-order valence-electron chi connectivity index (χ1n) is 6.99. The molecule has 0 saturated heterocycles. The second-order valence-corrected chi connectivity index (χ2v) is 5.75. The van der Waals surface area contributed by atoms with E-state index in [0.29, 0.717) is 5.95 Å². The third kappa shape index (κ3) is 4.20. The highest BCUT2D eigenvalue weighted by atomic mass is 79.9. The van der Waals surface area contributed by atoms with Crippen LogP contribution in [0.15, 0.2) is 65.3 Å². The number of amides is 1. The lowest BCUT2D eigenvalue weighted by Gasteiger charge is -2.05. The second-order valence-electron chi connectivity index (χ2n) is 4.84. The number of anilines is 1. The van der Waals surface area contributed by atoms with Gasteiger partial charge in [0.2, 0.25) is 5.95 Å². The summed E-state index contributed by atoms with van der Waals surface area (Å²) in [7, 11) is 0. The fraction of sp³-hybridized carbons (Fsp3) is 0.0588. The largest absolute Gasteiger partial charge is 0.444 e. The second kappa shape index (κ2) is 7.11. The molecule has 3 rings (SSSR count). The zero-order valence-corrected chi connectivity index (χ0v) is 13.7. The Hall–Kier alpha value is -2.60. The van der Waals surface area contributed by atoms with Gasteiger partial charge in [0, 0.05) is 4.47 Å². The normalized spacial score (nSPS) is 10.3. The van der Waals surface area contributed by atoms with Crippen molar-refractivity contribution in [1.82, 2.24) is 9.97 Å². The number of nitrogens with one attached hydrogen (secondary N) is 2. The Bertz CT molecular complexity index is 785. The van der Waals surface area contributed by atoms with Crippen molar-refractivity contribution < 1.29 is 9.53 Å². The Labute approximate surface area is 141 Å². The average molecular weight is 372 g/mol. The van der Waals surface area contributed by atoms with Gasteiger partial charge in [-0.1, -0.05) is 58.4 Å². The fourth-order valence-electron chi connectivity index (χ4n) is 2.02. The number of halogens is 1. The first-order chi connectivity index (χ1) is 11.2. The minimum absolute atomic E-state index is 0.215. The van der Waals surface area contributed by atoms with E-state index in [-0.39, 0.29) is 6.61 Å². The number of carbonyl (C=O) groups is 1. The van der Waals surface area contributed by atoms with E-state index in [1.54, 1.807) is 6.20 Å². The Morgan fingerprint density at radius 1 is 1.13 bits per heavy atom. The number of imidazole rings is 1. The number of hydrogen-bond donors (Lipinski definition) is 2. The number of H-pyrrole nitrogens is 1. The maximum Gasteiger partial charge on any atom is 0.414 e. The summed E-state index contributed by atoms with van der Waals surface area (Å²) in [5.74, 6) is 0.348.